The maximum atomic E-state index is 14.7. The minimum atomic E-state index is -1.45. The van der Waals surface area contributed by atoms with Gasteiger partial charge in [0.2, 0.25) is 0 Å². The van der Waals surface area contributed by atoms with Crippen LogP contribution in [0.4, 0.5) is 4.79 Å². The number of rotatable bonds is 19. The van der Waals surface area contributed by atoms with E-state index in [0.717, 1.165) is 42.4 Å². The number of pyridine rings is 1. The highest BCUT2D eigenvalue weighted by Crippen LogP contribution is 2.42. The van der Waals surface area contributed by atoms with Crippen LogP contribution in [0.2, 0.25) is 0 Å². The molecule has 0 radical (unpaired) electrons. The van der Waals surface area contributed by atoms with Gasteiger partial charge in [-0.3, -0.25) is 19.4 Å². The minimum Gasteiger partial charge on any atom is -0.458 e. The number of hydrogen-bond donors (Lipinski definition) is 6. The van der Waals surface area contributed by atoms with Crippen LogP contribution in [0.15, 0.2) is 36.5 Å². The van der Waals surface area contributed by atoms with Crippen molar-refractivity contribution in [3.05, 3.63) is 42.1 Å². The highest BCUT2D eigenvalue weighted by Gasteiger charge is 2.61. The molecule has 3 aliphatic rings. The predicted octanol–water partition coefficient (Wildman–Crippen LogP) is 4.58. The van der Waals surface area contributed by atoms with E-state index in [1.165, 1.54) is 19.0 Å². The number of nitrogens with zero attached hydrogens (tertiary/aromatic N) is 3. The Kier molecular flexibility index (Phi) is 23.2. The van der Waals surface area contributed by atoms with Crippen LogP contribution < -0.4 is 16.1 Å². The molecule has 402 valence electrons. The number of benzene rings is 1. The third kappa shape index (κ3) is 14.8. The Balaban J connectivity index is 0.000000679. The summed E-state index contributed by atoms with van der Waals surface area (Å²) in [5.41, 5.74) is 2.57. The number of cyclic esters (lactones) is 1. The average molecular weight is 1000 g/mol. The molecule has 1 amide bonds. The molecule has 0 spiro atoms. The van der Waals surface area contributed by atoms with Crippen molar-refractivity contribution in [2.24, 2.45) is 23.7 Å². The molecule has 4 heterocycles. The molecule has 0 unspecified atom stereocenters. The zero-order valence-corrected chi connectivity index (χ0v) is 44.8. The van der Waals surface area contributed by atoms with Gasteiger partial charge in [-0.05, 0) is 104 Å². The fourth-order valence-corrected chi connectivity index (χ4v) is 10.6. The van der Waals surface area contributed by atoms with E-state index in [0.29, 0.717) is 25.8 Å². The number of aliphatic hydroxyl groups is 3. The molecule has 0 saturated carbocycles. The summed E-state index contributed by atoms with van der Waals surface area (Å²) in [7, 11) is 5.23. The number of carbonyl (C=O) groups is 4. The van der Waals surface area contributed by atoms with Gasteiger partial charge in [-0.15, -0.1) is 0 Å². The number of methoxy groups -OCH3 is 1. The van der Waals surface area contributed by atoms with E-state index in [1.807, 2.05) is 77.0 Å². The maximum Gasteiger partial charge on any atom is 0.425 e. The number of ether oxygens (including phenoxy) is 5. The van der Waals surface area contributed by atoms with E-state index in [1.54, 1.807) is 40.8 Å². The molecule has 18 nitrogen and oxygen atoms in total. The molecule has 5 rings (SSSR count). The Bertz CT molecular complexity index is 1990. The Labute approximate surface area is 422 Å². The molecule has 3 aliphatic heterocycles. The summed E-state index contributed by atoms with van der Waals surface area (Å²) >= 11 is 0. The number of esters is 1. The second kappa shape index (κ2) is 27.6. The molecule has 2 aromatic rings. The summed E-state index contributed by atoms with van der Waals surface area (Å²) in [6.07, 6.45) is 0.805. The summed E-state index contributed by atoms with van der Waals surface area (Å²) < 4.78 is 31.1. The molecule has 3 fully saturated rings. The summed E-state index contributed by atoms with van der Waals surface area (Å²) in [6, 6.07) is 9.16. The van der Waals surface area contributed by atoms with E-state index >= 15 is 0 Å². The molecular weight excluding hydrogens is 913 g/mol. The number of para-hydroxylation sites is 1. The molecule has 0 bridgehead atoms. The Morgan fingerprint density at radius 3 is 2.11 bits per heavy atom. The van der Waals surface area contributed by atoms with Gasteiger partial charge in [0.1, 0.15) is 30.0 Å². The smallest absolute Gasteiger partial charge is 0.425 e. The number of fused-ring (bicyclic) bond motifs is 2. The number of aryl methyl sites for hydroxylation is 1. The number of hydrazine groups is 1. The first-order valence-corrected chi connectivity index (χ1v) is 25.9. The molecule has 3 saturated heterocycles. The van der Waals surface area contributed by atoms with E-state index < -0.39 is 83.4 Å². The lowest BCUT2D eigenvalue weighted by Crippen LogP contribution is -2.61. The molecule has 0 aliphatic carbocycles. The standard InChI is InChI=1S/C43H64N4O10.C10H24N2O2/c1-12-33-43(8)37(47(41(52)57-43)45-20-15-16-29-19-21-44-31-18-14-13-17-30(29)31)26(4)34(48)24(2)23-42(7,53-11)38(27(5)35(49)28(6)39(51)55-33)56-40-36(50)32(46(9)10)22-25(3)54-40;1-3-9(7-13)11-5-6-12-10(4-2)8-14/h13-14,17-19,21,24-28,32-33,36-38,40,45,50H,12,15-16,20,22-23H2,1-11H3;9-14H,3-8H2,1-2H3/t24-,25-,26-,27+,28-,32+,33+,36-,37-,38-,40+,42-,43-;9-,10-/m10/s1. The van der Waals surface area contributed by atoms with Crippen LogP contribution in [-0.2, 0) is 44.5 Å². The molecule has 15 atom stereocenters. The summed E-state index contributed by atoms with van der Waals surface area (Å²) in [4.78, 5) is 63.1. The Morgan fingerprint density at radius 1 is 0.901 bits per heavy atom. The van der Waals surface area contributed by atoms with Gasteiger partial charge < -0.3 is 54.5 Å². The van der Waals surface area contributed by atoms with Crippen LogP contribution in [0.5, 0.6) is 0 Å². The van der Waals surface area contributed by atoms with Gasteiger partial charge in [-0.2, -0.15) is 0 Å². The van der Waals surface area contributed by atoms with E-state index in [2.05, 4.69) is 21.0 Å². The molecule has 6 N–H and O–H groups in total. The highest BCUT2D eigenvalue weighted by atomic mass is 16.7. The number of aliphatic hydroxyl groups excluding tert-OH is 3. The number of nitrogens with one attached hydrogen (secondary N) is 3. The molecule has 71 heavy (non-hydrogen) atoms. The van der Waals surface area contributed by atoms with Gasteiger partial charge in [0.25, 0.3) is 0 Å². The second-order valence-corrected chi connectivity index (χ2v) is 20.5. The lowest BCUT2D eigenvalue weighted by molar-refractivity contribution is -0.295. The monoisotopic (exact) mass is 1000 g/mol. The van der Waals surface area contributed by atoms with Gasteiger partial charge >= 0.3 is 12.1 Å². The number of ketones is 2. The zero-order valence-electron chi connectivity index (χ0n) is 44.8. The maximum absolute atomic E-state index is 14.7. The lowest BCUT2D eigenvalue weighted by atomic mass is 9.73. The highest BCUT2D eigenvalue weighted by molar-refractivity contribution is 6.00. The van der Waals surface area contributed by atoms with Gasteiger partial charge in [0.05, 0.1) is 36.5 Å². The zero-order chi connectivity index (χ0) is 52.8. The van der Waals surface area contributed by atoms with Crippen molar-refractivity contribution in [1.29, 1.82) is 0 Å². The van der Waals surface area contributed by atoms with Crippen molar-refractivity contribution in [2.75, 3.05) is 54.1 Å². The fourth-order valence-electron chi connectivity index (χ4n) is 10.6. The first-order valence-electron chi connectivity index (χ1n) is 25.9. The molecule has 1 aromatic heterocycles. The summed E-state index contributed by atoms with van der Waals surface area (Å²) in [6.45, 7) is 20.4. The van der Waals surface area contributed by atoms with Crippen molar-refractivity contribution < 1.29 is 58.2 Å². The topological polar surface area (TPSA) is 231 Å². The van der Waals surface area contributed by atoms with Crippen molar-refractivity contribution in [1.82, 2.24) is 31.0 Å². The van der Waals surface area contributed by atoms with Crippen LogP contribution in [0.1, 0.15) is 113 Å². The number of carbonyl (C=O) groups excluding carboxylic acids is 4. The minimum absolute atomic E-state index is 0.117. The van der Waals surface area contributed by atoms with Gasteiger partial charge in [0.15, 0.2) is 17.7 Å². The first kappa shape index (κ1) is 59.9. The summed E-state index contributed by atoms with van der Waals surface area (Å²) in [5, 5.41) is 38.1. The largest absolute Gasteiger partial charge is 0.458 e. The van der Waals surface area contributed by atoms with Crippen LogP contribution in [0.25, 0.3) is 10.9 Å². The third-order valence-corrected chi connectivity index (χ3v) is 15.1. The van der Waals surface area contributed by atoms with Crippen LogP contribution >= 0.6 is 0 Å². The van der Waals surface area contributed by atoms with E-state index in [4.69, 9.17) is 33.9 Å². The van der Waals surface area contributed by atoms with Crippen LogP contribution in [0.3, 0.4) is 0 Å². The van der Waals surface area contributed by atoms with Gasteiger partial charge in [-0.1, -0.05) is 59.7 Å². The number of Topliss-reactive ketones (excluding diaryl/α,β-unsaturated/α-hetero) is 2. The first-order chi connectivity index (χ1) is 33.7. The molecular formula is C53H88N6O12. The fraction of sp³-hybridized carbons (Fsp3) is 0.755. The average Bonchev–Trinajstić information content (AvgIpc) is 3.62. The van der Waals surface area contributed by atoms with Gasteiger partial charge in [-0.25, -0.2) is 15.2 Å². The normalized spacial score (nSPS) is 32.9. The Morgan fingerprint density at radius 2 is 1.54 bits per heavy atom. The predicted molar refractivity (Wildman–Crippen MR) is 271 cm³/mol. The lowest BCUT2D eigenvalue weighted by Gasteiger charge is -2.47. The number of hydrogen-bond acceptors (Lipinski definition) is 17. The second-order valence-electron chi connectivity index (χ2n) is 20.5. The third-order valence-electron chi connectivity index (χ3n) is 15.1. The summed E-state index contributed by atoms with van der Waals surface area (Å²) in [5.74, 6) is -5.08. The van der Waals surface area contributed by atoms with Crippen molar-refractivity contribution in [2.45, 2.75) is 180 Å². The van der Waals surface area contributed by atoms with Gasteiger partial charge in [0, 0.05) is 74.2 Å². The van der Waals surface area contributed by atoms with Crippen molar-refractivity contribution in [3.8, 4) is 0 Å². The van der Waals surface area contributed by atoms with Crippen molar-refractivity contribution in [3.63, 3.8) is 0 Å². The van der Waals surface area contributed by atoms with Crippen LogP contribution in [-0.4, -0.2) is 174 Å². The number of aromatic nitrogens is 1. The number of amides is 1. The number of likely N-dealkylation sites (N-methyl/N-ethyl adjacent to an activating group) is 1. The van der Waals surface area contributed by atoms with E-state index in [9.17, 15) is 24.3 Å². The SMILES string of the molecule is CC[C@@H](CO)NCCN[C@@H](CC)CO.CC[C@@H]1OC(=O)[C@H](C)C(=O)[C@H](C)[C@@H](O[C@@H]2O[C@H](C)C[C@H](N(C)C)[C@H]2O)[C@](C)(OC)C[C@@H](C)C(=O)[C@@H](C)[C@H]2N(NCCCc3ccnc4ccccc34)C(=O)O[C@]12C. The Hall–Kier alpha value is -3.69. The molecule has 18 heteroatoms. The van der Waals surface area contributed by atoms with E-state index in [-0.39, 0.29) is 56.1 Å². The van der Waals surface area contributed by atoms with Crippen LogP contribution in [0, 0.1) is 23.7 Å². The van der Waals surface area contributed by atoms with Crippen molar-refractivity contribution >= 4 is 34.5 Å². The molecule has 1 aromatic carbocycles. The quantitative estimate of drug-likeness (QED) is 0.0643.